The van der Waals surface area contributed by atoms with Crippen molar-refractivity contribution >= 4 is 5.91 Å². The normalized spacial score (nSPS) is 10.3. The van der Waals surface area contributed by atoms with Crippen molar-refractivity contribution in [2.75, 3.05) is 0 Å². The summed E-state index contributed by atoms with van der Waals surface area (Å²) in [6.07, 6.45) is 3.60. The summed E-state index contributed by atoms with van der Waals surface area (Å²) in [5, 5.41) is 2.96. The van der Waals surface area contributed by atoms with Crippen LogP contribution in [-0.2, 0) is 6.54 Å². The van der Waals surface area contributed by atoms with E-state index < -0.39 is 0 Å². The third kappa shape index (κ3) is 3.83. The third-order valence-electron chi connectivity index (χ3n) is 3.69. The molecule has 3 heteroatoms. The third-order valence-corrected chi connectivity index (χ3v) is 3.69. The molecule has 3 aromatic rings. The zero-order valence-electron chi connectivity index (χ0n) is 13.0. The highest BCUT2D eigenvalue weighted by Gasteiger charge is 2.05. The van der Waals surface area contributed by atoms with E-state index in [4.69, 9.17) is 0 Å². The van der Waals surface area contributed by atoms with Crippen LogP contribution in [0.15, 0.2) is 73.1 Å². The van der Waals surface area contributed by atoms with E-state index in [1.807, 2.05) is 67.7 Å². The second kappa shape index (κ2) is 6.88. The van der Waals surface area contributed by atoms with E-state index in [0.29, 0.717) is 12.1 Å². The number of carbonyl (C=O) groups excluding carboxylic acids is 1. The van der Waals surface area contributed by atoms with Crippen LogP contribution >= 0.6 is 0 Å². The quantitative estimate of drug-likeness (QED) is 0.792. The van der Waals surface area contributed by atoms with Gasteiger partial charge in [-0.25, -0.2) is 0 Å². The van der Waals surface area contributed by atoms with Gasteiger partial charge in [0, 0.05) is 24.5 Å². The first-order chi connectivity index (χ1) is 11.2. The van der Waals surface area contributed by atoms with Crippen molar-refractivity contribution < 1.29 is 4.79 Å². The number of aromatic nitrogens is 1. The Bertz CT molecular complexity index is 795. The molecule has 0 radical (unpaired) electrons. The van der Waals surface area contributed by atoms with Crippen LogP contribution in [-0.4, -0.2) is 10.9 Å². The number of nitrogens with one attached hydrogen (secondary N) is 1. The van der Waals surface area contributed by atoms with Gasteiger partial charge in [-0.2, -0.15) is 0 Å². The van der Waals surface area contributed by atoms with E-state index in [9.17, 15) is 4.79 Å². The molecule has 1 aromatic heterocycles. The van der Waals surface area contributed by atoms with Crippen molar-refractivity contribution in [3.8, 4) is 11.1 Å². The minimum atomic E-state index is -0.0585. The molecule has 1 heterocycles. The SMILES string of the molecule is Cc1ccc(C(=O)NCc2cccc(-c3cccnc3)c2)cc1. The van der Waals surface area contributed by atoms with E-state index in [0.717, 1.165) is 22.3 Å². The van der Waals surface area contributed by atoms with Gasteiger partial charge in [-0.1, -0.05) is 42.0 Å². The molecule has 0 aliphatic heterocycles. The summed E-state index contributed by atoms with van der Waals surface area (Å²) in [4.78, 5) is 16.3. The predicted octanol–water partition coefficient (Wildman–Crippen LogP) is 3.99. The number of rotatable bonds is 4. The maximum absolute atomic E-state index is 12.2. The highest BCUT2D eigenvalue weighted by Crippen LogP contribution is 2.19. The topological polar surface area (TPSA) is 42.0 Å². The fourth-order valence-electron chi connectivity index (χ4n) is 2.38. The van der Waals surface area contributed by atoms with Crippen molar-refractivity contribution in [1.29, 1.82) is 0 Å². The largest absolute Gasteiger partial charge is 0.348 e. The number of hydrogen-bond donors (Lipinski definition) is 1. The molecule has 1 amide bonds. The molecular weight excluding hydrogens is 284 g/mol. The van der Waals surface area contributed by atoms with Crippen molar-refractivity contribution in [2.24, 2.45) is 0 Å². The molecule has 0 saturated carbocycles. The maximum Gasteiger partial charge on any atom is 0.251 e. The van der Waals surface area contributed by atoms with Crippen LogP contribution in [0, 0.1) is 6.92 Å². The average Bonchev–Trinajstić information content (AvgIpc) is 2.61. The molecule has 114 valence electrons. The molecule has 0 aliphatic rings. The lowest BCUT2D eigenvalue weighted by atomic mass is 10.0. The molecule has 0 saturated heterocycles. The van der Waals surface area contributed by atoms with Crippen molar-refractivity contribution in [3.63, 3.8) is 0 Å². The van der Waals surface area contributed by atoms with Gasteiger partial charge >= 0.3 is 0 Å². The van der Waals surface area contributed by atoms with Crippen LogP contribution < -0.4 is 5.32 Å². The molecule has 0 bridgehead atoms. The minimum absolute atomic E-state index is 0.0585. The zero-order valence-corrected chi connectivity index (χ0v) is 13.0. The summed E-state index contributed by atoms with van der Waals surface area (Å²) < 4.78 is 0. The van der Waals surface area contributed by atoms with E-state index >= 15 is 0 Å². The number of amides is 1. The van der Waals surface area contributed by atoms with Crippen molar-refractivity contribution in [1.82, 2.24) is 10.3 Å². The number of pyridine rings is 1. The molecule has 2 aromatic carbocycles. The number of hydrogen-bond acceptors (Lipinski definition) is 2. The maximum atomic E-state index is 12.2. The molecule has 0 unspecified atom stereocenters. The second-order valence-electron chi connectivity index (χ2n) is 5.49. The van der Waals surface area contributed by atoms with Crippen LogP contribution in [0.5, 0.6) is 0 Å². The van der Waals surface area contributed by atoms with Gasteiger partial charge in [-0.3, -0.25) is 9.78 Å². The Hall–Kier alpha value is -2.94. The van der Waals surface area contributed by atoms with E-state index in [2.05, 4.69) is 16.4 Å². The van der Waals surface area contributed by atoms with E-state index in [1.54, 1.807) is 6.20 Å². The van der Waals surface area contributed by atoms with Gasteiger partial charge in [0.2, 0.25) is 0 Å². The molecule has 0 fully saturated rings. The Balaban J connectivity index is 1.69. The monoisotopic (exact) mass is 302 g/mol. The Morgan fingerprint density at radius 3 is 2.52 bits per heavy atom. The van der Waals surface area contributed by atoms with Crippen LogP contribution in [0.4, 0.5) is 0 Å². The Labute approximate surface area is 136 Å². The van der Waals surface area contributed by atoms with Gasteiger partial charge in [-0.15, -0.1) is 0 Å². The zero-order chi connectivity index (χ0) is 16.1. The molecule has 0 aliphatic carbocycles. The standard InChI is InChI=1S/C20H18N2O/c1-15-7-9-17(10-8-15)20(23)22-13-16-4-2-5-18(12-16)19-6-3-11-21-14-19/h2-12,14H,13H2,1H3,(H,22,23). The molecule has 3 nitrogen and oxygen atoms in total. The lowest BCUT2D eigenvalue weighted by Crippen LogP contribution is -2.22. The first-order valence-corrected chi connectivity index (χ1v) is 7.56. The molecule has 3 rings (SSSR count). The summed E-state index contributed by atoms with van der Waals surface area (Å²) in [5.74, 6) is -0.0585. The molecule has 23 heavy (non-hydrogen) atoms. The van der Waals surface area contributed by atoms with Gasteiger partial charge in [0.1, 0.15) is 0 Å². The second-order valence-corrected chi connectivity index (χ2v) is 5.49. The van der Waals surface area contributed by atoms with E-state index in [-0.39, 0.29) is 5.91 Å². The fraction of sp³-hybridized carbons (Fsp3) is 0.100. The van der Waals surface area contributed by atoms with Crippen molar-refractivity contribution in [2.45, 2.75) is 13.5 Å². The van der Waals surface area contributed by atoms with Crippen LogP contribution in [0.3, 0.4) is 0 Å². The van der Waals surface area contributed by atoms with Gasteiger partial charge in [0.15, 0.2) is 0 Å². The average molecular weight is 302 g/mol. The first kappa shape index (κ1) is 15.0. The number of nitrogens with zero attached hydrogens (tertiary/aromatic N) is 1. The van der Waals surface area contributed by atoms with Gasteiger partial charge < -0.3 is 5.32 Å². The first-order valence-electron chi connectivity index (χ1n) is 7.56. The van der Waals surface area contributed by atoms with Gasteiger partial charge in [-0.05, 0) is 47.9 Å². The Morgan fingerprint density at radius 2 is 1.78 bits per heavy atom. The number of carbonyl (C=O) groups is 1. The van der Waals surface area contributed by atoms with Crippen LogP contribution in [0.25, 0.3) is 11.1 Å². The summed E-state index contributed by atoms with van der Waals surface area (Å²) in [5.41, 5.74) is 5.05. The summed E-state index contributed by atoms with van der Waals surface area (Å²) in [7, 11) is 0. The smallest absolute Gasteiger partial charge is 0.251 e. The van der Waals surface area contributed by atoms with Gasteiger partial charge in [0.05, 0.1) is 0 Å². The fourth-order valence-corrected chi connectivity index (χ4v) is 2.38. The summed E-state index contributed by atoms with van der Waals surface area (Å²) in [6, 6.07) is 19.6. The lowest BCUT2D eigenvalue weighted by molar-refractivity contribution is 0.0951. The van der Waals surface area contributed by atoms with Gasteiger partial charge in [0.25, 0.3) is 5.91 Å². The molecular formula is C20H18N2O. The summed E-state index contributed by atoms with van der Waals surface area (Å²) in [6.45, 7) is 2.51. The number of aryl methyl sites for hydroxylation is 1. The predicted molar refractivity (Wildman–Crippen MR) is 92.0 cm³/mol. The highest BCUT2D eigenvalue weighted by atomic mass is 16.1. The Morgan fingerprint density at radius 1 is 1.00 bits per heavy atom. The summed E-state index contributed by atoms with van der Waals surface area (Å²) >= 11 is 0. The molecule has 0 atom stereocenters. The van der Waals surface area contributed by atoms with Crippen molar-refractivity contribution in [3.05, 3.63) is 89.7 Å². The van der Waals surface area contributed by atoms with Crippen LogP contribution in [0.1, 0.15) is 21.5 Å². The minimum Gasteiger partial charge on any atom is -0.348 e. The number of benzene rings is 2. The van der Waals surface area contributed by atoms with Crippen LogP contribution in [0.2, 0.25) is 0 Å². The Kier molecular flexibility index (Phi) is 4.48. The molecule has 1 N–H and O–H groups in total. The van der Waals surface area contributed by atoms with E-state index in [1.165, 1.54) is 0 Å². The lowest BCUT2D eigenvalue weighted by Gasteiger charge is -2.08. The molecule has 0 spiro atoms. The highest BCUT2D eigenvalue weighted by molar-refractivity contribution is 5.94.